The highest BCUT2D eigenvalue weighted by Crippen LogP contribution is 2.48. The number of ether oxygens (including phenoxy) is 2. The maximum Gasteiger partial charge on any atom is 0.251 e. The predicted molar refractivity (Wildman–Crippen MR) is 93.5 cm³/mol. The van der Waals surface area contributed by atoms with Crippen molar-refractivity contribution >= 4 is 11.8 Å². The molecule has 6 nitrogen and oxygen atoms in total. The Kier molecular flexibility index (Phi) is 5.16. The number of rotatable bonds is 7. The summed E-state index contributed by atoms with van der Waals surface area (Å²) in [5.41, 5.74) is 6.08. The lowest BCUT2D eigenvalue weighted by Gasteiger charge is -2.29. The lowest BCUT2D eigenvalue weighted by molar-refractivity contribution is -0.124. The van der Waals surface area contributed by atoms with Gasteiger partial charge >= 0.3 is 0 Å². The van der Waals surface area contributed by atoms with E-state index in [1.807, 2.05) is 13.8 Å². The molecule has 2 bridgehead atoms. The molecular weight excluding hydrogens is 320 g/mol. The first-order chi connectivity index (χ1) is 12.0. The van der Waals surface area contributed by atoms with Gasteiger partial charge in [-0.25, -0.2) is 0 Å². The van der Waals surface area contributed by atoms with Crippen LogP contribution in [0.4, 0.5) is 0 Å². The second-order valence-corrected chi connectivity index (χ2v) is 6.79. The van der Waals surface area contributed by atoms with Crippen LogP contribution in [0.3, 0.4) is 0 Å². The minimum Gasteiger partial charge on any atom is -0.490 e. The van der Waals surface area contributed by atoms with Gasteiger partial charge in [-0.3, -0.25) is 9.59 Å². The maximum atomic E-state index is 12.7. The Bertz CT molecular complexity index is 661. The monoisotopic (exact) mass is 346 g/mol. The van der Waals surface area contributed by atoms with Crippen molar-refractivity contribution in [2.45, 2.75) is 39.2 Å². The first-order valence-corrected chi connectivity index (χ1v) is 9.05. The van der Waals surface area contributed by atoms with Gasteiger partial charge in [0.05, 0.1) is 19.1 Å². The van der Waals surface area contributed by atoms with Crippen LogP contribution in [0.2, 0.25) is 0 Å². The van der Waals surface area contributed by atoms with Gasteiger partial charge in [0.1, 0.15) is 0 Å². The van der Waals surface area contributed by atoms with Gasteiger partial charge in [-0.1, -0.05) is 0 Å². The van der Waals surface area contributed by atoms with Gasteiger partial charge in [-0.15, -0.1) is 0 Å². The van der Waals surface area contributed by atoms with Gasteiger partial charge in [0.25, 0.3) is 5.91 Å². The van der Waals surface area contributed by atoms with Gasteiger partial charge in [-0.05, 0) is 63.1 Å². The van der Waals surface area contributed by atoms with E-state index in [1.165, 1.54) is 0 Å². The number of primary amides is 1. The number of nitrogens with one attached hydrogen (secondary N) is 1. The molecule has 2 fully saturated rings. The Labute approximate surface area is 148 Å². The van der Waals surface area contributed by atoms with Gasteiger partial charge in [0.15, 0.2) is 11.5 Å². The standard InChI is InChI=1S/C19H26N2O4/c1-3-24-14-8-7-13(10-15(14)25-4-2)19(23)21-17-12-6-5-11(9-12)16(17)18(20)22/h7-8,10-12,16-17H,3-6,9H2,1-2H3,(H2,20,22)(H,21,23)/t11-,12-,16-,17-/m0/s1. The van der Waals surface area contributed by atoms with Crippen LogP contribution in [0.15, 0.2) is 18.2 Å². The number of hydrogen-bond donors (Lipinski definition) is 2. The molecule has 3 N–H and O–H groups in total. The van der Waals surface area contributed by atoms with E-state index in [-0.39, 0.29) is 23.8 Å². The second-order valence-electron chi connectivity index (χ2n) is 6.79. The first-order valence-electron chi connectivity index (χ1n) is 9.05. The zero-order valence-corrected chi connectivity index (χ0v) is 14.8. The molecule has 0 saturated heterocycles. The third-order valence-corrected chi connectivity index (χ3v) is 5.35. The largest absolute Gasteiger partial charge is 0.490 e. The number of benzene rings is 1. The van der Waals surface area contributed by atoms with E-state index in [0.29, 0.717) is 42.1 Å². The topological polar surface area (TPSA) is 90.6 Å². The molecule has 2 aliphatic carbocycles. The van der Waals surface area contributed by atoms with Crippen LogP contribution >= 0.6 is 0 Å². The third kappa shape index (κ3) is 3.43. The predicted octanol–water partition coefficient (Wildman–Crippen LogP) is 2.11. The summed E-state index contributed by atoms with van der Waals surface area (Å²) in [5, 5.41) is 3.04. The summed E-state index contributed by atoms with van der Waals surface area (Å²) >= 11 is 0. The minimum atomic E-state index is -0.306. The smallest absolute Gasteiger partial charge is 0.251 e. The summed E-state index contributed by atoms with van der Waals surface area (Å²) in [5.74, 6) is 1.07. The quantitative estimate of drug-likeness (QED) is 0.791. The van der Waals surface area contributed by atoms with Crippen LogP contribution in [-0.4, -0.2) is 31.1 Å². The van der Waals surface area contributed by atoms with E-state index in [2.05, 4.69) is 5.32 Å². The molecular formula is C19H26N2O4. The average Bonchev–Trinajstić information content (AvgIpc) is 3.18. The van der Waals surface area contributed by atoms with Crippen LogP contribution in [0.5, 0.6) is 11.5 Å². The molecule has 3 rings (SSSR count). The molecule has 2 amide bonds. The van der Waals surface area contributed by atoms with Crippen LogP contribution in [0, 0.1) is 17.8 Å². The summed E-state index contributed by atoms with van der Waals surface area (Å²) in [6, 6.07) is 4.99. The van der Waals surface area contributed by atoms with Gasteiger partial charge in [0.2, 0.25) is 5.91 Å². The molecule has 0 heterocycles. The molecule has 0 aliphatic heterocycles. The molecule has 2 aliphatic rings. The zero-order chi connectivity index (χ0) is 18.0. The van der Waals surface area contributed by atoms with Crippen LogP contribution in [-0.2, 0) is 4.79 Å². The van der Waals surface area contributed by atoms with E-state index in [4.69, 9.17) is 15.2 Å². The average molecular weight is 346 g/mol. The van der Waals surface area contributed by atoms with Crippen LogP contribution in [0.1, 0.15) is 43.5 Å². The number of hydrogen-bond acceptors (Lipinski definition) is 4. The van der Waals surface area contributed by atoms with Gasteiger partial charge < -0.3 is 20.5 Å². The molecule has 6 heteroatoms. The van der Waals surface area contributed by atoms with Crippen molar-refractivity contribution in [1.82, 2.24) is 5.32 Å². The summed E-state index contributed by atoms with van der Waals surface area (Å²) in [6.07, 6.45) is 3.06. The van der Waals surface area contributed by atoms with Crippen molar-refractivity contribution in [2.75, 3.05) is 13.2 Å². The Balaban J connectivity index is 1.76. The molecule has 0 unspecified atom stereocenters. The normalized spacial score (nSPS) is 27.1. The number of carbonyl (C=O) groups excluding carboxylic acids is 2. The SMILES string of the molecule is CCOc1ccc(C(=O)N[C@H]2[C@H]3CC[C@@H](C3)[C@@H]2C(N)=O)cc1OCC. The molecule has 136 valence electrons. The Morgan fingerprint density at radius 1 is 1.12 bits per heavy atom. The number of amides is 2. The summed E-state index contributed by atoms with van der Waals surface area (Å²) in [7, 11) is 0. The van der Waals surface area contributed by atoms with Crippen LogP contribution in [0.25, 0.3) is 0 Å². The Morgan fingerprint density at radius 3 is 2.48 bits per heavy atom. The highest BCUT2D eigenvalue weighted by atomic mass is 16.5. The molecule has 1 aromatic rings. The fourth-order valence-electron chi connectivity index (χ4n) is 4.34. The van der Waals surface area contributed by atoms with E-state index < -0.39 is 0 Å². The summed E-state index contributed by atoms with van der Waals surface area (Å²) in [4.78, 5) is 24.5. The summed E-state index contributed by atoms with van der Waals surface area (Å²) < 4.78 is 11.1. The van der Waals surface area contributed by atoms with E-state index in [9.17, 15) is 9.59 Å². The van der Waals surface area contributed by atoms with Gasteiger partial charge in [-0.2, -0.15) is 0 Å². The highest BCUT2D eigenvalue weighted by Gasteiger charge is 2.50. The van der Waals surface area contributed by atoms with E-state index >= 15 is 0 Å². The number of fused-ring (bicyclic) bond motifs is 2. The second kappa shape index (κ2) is 7.33. The Hall–Kier alpha value is -2.24. The van der Waals surface area contributed by atoms with E-state index in [0.717, 1.165) is 19.3 Å². The third-order valence-electron chi connectivity index (χ3n) is 5.35. The number of nitrogens with two attached hydrogens (primary N) is 1. The lowest BCUT2D eigenvalue weighted by atomic mass is 9.84. The molecule has 0 radical (unpaired) electrons. The first kappa shape index (κ1) is 17.6. The molecule has 0 spiro atoms. The summed E-state index contributed by atoms with van der Waals surface area (Å²) in [6.45, 7) is 4.79. The highest BCUT2D eigenvalue weighted by molar-refractivity contribution is 5.95. The molecule has 2 saturated carbocycles. The molecule has 25 heavy (non-hydrogen) atoms. The van der Waals surface area contributed by atoms with Gasteiger partial charge in [0, 0.05) is 11.6 Å². The maximum absolute atomic E-state index is 12.7. The lowest BCUT2D eigenvalue weighted by Crippen LogP contribution is -2.48. The van der Waals surface area contributed by atoms with Crippen LogP contribution < -0.4 is 20.5 Å². The Morgan fingerprint density at radius 2 is 1.80 bits per heavy atom. The fourth-order valence-corrected chi connectivity index (χ4v) is 4.34. The van der Waals surface area contributed by atoms with E-state index in [1.54, 1.807) is 18.2 Å². The van der Waals surface area contributed by atoms with Crippen molar-refractivity contribution in [1.29, 1.82) is 0 Å². The van der Waals surface area contributed by atoms with Crippen molar-refractivity contribution in [3.63, 3.8) is 0 Å². The molecule has 1 aromatic carbocycles. The van der Waals surface area contributed by atoms with Crippen molar-refractivity contribution < 1.29 is 19.1 Å². The molecule has 0 aromatic heterocycles. The van der Waals surface area contributed by atoms with Crippen molar-refractivity contribution in [3.8, 4) is 11.5 Å². The minimum absolute atomic E-state index is 0.161. The zero-order valence-electron chi connectivity index (χ0n) is 14.8. The van der Waals surface area contributed by atoms with Crippen molar-refractivity contribution in [2.24, 2.45) is 23.5 Å². The molecule has 4 atom stereocenters. The van der Waals surface area contributed by atoms with Crippen molar-refractivity contribution in [3.05, 3.63) is 23.8 Å². The number of carbonyl (C=O) groups is 2. The fraction of sp³-hybridized carbons (Fsp3) is 0.579.